The minimum Gasteiger partial charge on any atom is -0.382 e. The molecule has 0 unspecified atom stereocenters. The molecule has 0 saturated carbocycles. The molecule has 0 spiro atoms. The Kier molecular flexibility index (Phi) is 5.45. The van der Waals surface area contributed by atoms with E-state index in [1.807, 2.05) is 24.3 Å². The molecule has 3 fully saturated rings. The van der Waals surface area contributed by atoms with Crippen molar-refractivity contribution < 1.29 is 4.39 Å². The third-order valence-corrected chi connectivity index (χ3v) is 7.36. The van der Waals surface area contributed by atoms with Crippen molar-refractivity contribution in [2.45, 2.75) is 18.9 Å². The van der Waals surface area contributed by atoms with Crippen LogP contribution < -0.4 is 16.2 Å². The fourth-order valence-electron chi connectivity index (χ4n) is 5.40. The highest BCUT2D eigenvalue weighted by atomic mass is 32.1. The number of hydrogen-bond donors (Lipinski definition) is 5. The summed E-state index contributed by atoms with van der Waals surface area (Å²) in [4.78, 5) is 26.8. The number of hydrogen-bond acceptors (Lipinski definition) is 6. The molecule has 34 heavy (non-hydrogen) atoms. The SMILES string of the molecule is O=c1[nH]c2cc(NCCS)c(F)cc2c(N[C@H]2CN3CCC2CC3)c1-c1nc2ccccc2[nH]1. The molecule has 7 nitrogen and oxygen atoms in total. The highest BCUT2D eigenvalue weighted by Crippen LogP contribution is 2.37. The normalized spacial score (nSPS) is 21.9. The number of halogens is 1. The Morgan fingerprint density at radius 1 is 1.15 bits per heavy atom. The zero-order chi connectivity index (χ0) is 23.2. The lowest BCUT2D eigenvalue weighted by Crippen LogP contribution is -2.53. The van der Waals surface area contributed by atoms with Crippen molar-refractivity contribution in [1.82, 2.24) is 19.9 Å². The zero-order valence-electron chi connectivity index (χ0n) is 18.7. The van der Waals surface area contributed by atoms with Crippen LogP contribution in [0.3, 0.4) is 0 Å². The lowest BCUT2D eigenvalue weighted by Gasteiger charge is -2.45. The topological polar surface area (TPSA) is 88.8 Å². The molecule has 3 saturated heterocycles. The molecule has 2 aromatic carbocycles. The molecular weight excluding hydrogens is 451 g/mol. The number of nitrogens with zero attached hydrogens (tertiary/aromatic N) is 2. The first-order valence-corrected chi connectivity index (χ1v) is 12.4. The van der Waals surface area contributed by atoms with Gasteiger partial charge in [0.05, 0.1) is 27.9 Å². The van der Waals surface area contributed by atoms with Gasteiger partial charge in [0.2, 0.25) is 0 Å². The molecule has 2 aromatic heterocycles. The first kappa shape index (κ1) is 21.5. The summed E-state index contributed by atoms with van der Waals surface area (Å²) >= 11 is 4.19. The number of rotatable bonds is 6. The van der Waals surface area contributed by atoms with Gasteiger partial charge in [-0.25, -0.2) is 9.37 Å². The smallest absolute Gasteiger partial charge is 0.261 e. The van der Waals surface area contributed by atoms with Gasteiger partial charge in [0.15, 0.2) is 0 Å². The minimum absolute atomic E-state index is 0.195. The quantitative estimate of drug-likeness (QED) is 0.270. The van der Waals surface area contributed by atoms with Gasteiger partial charge < -0.3 is 25.5 Å². The van der Waals surface area contributed by atoms with Gasteiger partial charge >= 0.3 is 0 Å². The predicted molar refractivity (Wildman–Crippen MR) is 139 cm³/mol. The van der Waals surface area contributed by atoms with Gasteiger partial charge in [0, 0.05) is 30.3 Å². The van der Waals surface area contributed by atoms with Crippen LogP contribution in [0.1, 0.15) is 12.8 Å². The van der Waals surface area contributed by atoms with Gasteiger partial charge in [-0.2, -0.15) is 12.6 Å². The number of thiol groups is 1. The molecule has 0 amide bonds. The van der Waals surface area contributed by atoms with Crippen molar-refractivity contribution in [2.24, 2.45) is 5.92 Å². The zero-order valence-corrected chi connectivity index (χ0v) is 19.6. The molecule has 9 heteroatoms. The first-order valence-electron chi connectivity index (χ1n) is 11.8. The van der Waals surface area contributed by atoms with Crippen molar-refractivity contribution in [3.05, 3.63) is 52.6 Å². The Hall–Kier alpha value is -3.04. The number of nitrogens with one attached hydrogen (secondary N) is 4. The number of para-hydroxylation sites is 2. The van der Waals surface area contributed by atoms with Crippen molar-refractivity contribution in [1.29, 1.82) is 0 Å². The summed E-state index contributed by atoms with van der Waals surface area (Å²) in [5.41, 5.74) is 3.35. The number of aromatic amines is 2. The Morgan fingerprint density at radius 2 is 1.97 bits per heavy atom. The van der Waals surface area contributed by atoms with Crippen LogP contribution in [0.5, 0.6) is 0 Å². The first-order chi connectivity index (χ1) is 16.6. The Morgan fingerprint density at radius 3 is 2.71 bits per heavy atom. The Balaban J connectivity index is 1.54. The van der Waals surface area contributed by atoms with Crippen molar-refractivity contribution in [3.8, 4) is 11.4 Å². The second-order valence-corrected chi connectivity index (χ2v) is 9.67. The monoisotopic (exact) mass is 478 g/mol. The minimum atomic E-state index is -0.367. The van der Waals surface area contributed by atoms with Crippen LogP contribution in [0.15, 0.2) is 41.2 Å². The van der Waals surface area contributed by atoms with Gasteiger partial charge in [-0.15, -0.1) is 0 Å². The van der Waals surface area contributed by atoms with Crippen molar-refractivity contribution in [2.75, 3.05) is 42.6 Å². The van der Waals surface area contributed by atoms with Crippen molar-refractivity contribution >= 4 is 45.9 Å². The highest BCUT2D eigenvalue weighted by Gasteiger charge is 2.35. The van der Waals surface area contributed by atoms with Crippen LogP contribution in [-0.2, 0) is 0 Å². The number of anilines is 2. The van der Waals surface area contributed by atoms with Gasteiger partial charge in [-0.1, -0.05) is 12.1 Å². The number of benzene rings is 2. The fraction of sp³-hybridized carbons (Fsp3) is 0.360. The summed E-state index contributed by atoms with van der Waals surface area (Å²) in [5, 5.41) is 7.36. The van der Waals surface area contributed by atoms with Gasteiger partial charge in [-0.05, 0) is 56.1 Å². The molecule has 5 heterocycles. The molecule has 4 aromatic rings. The summed E-state index contributed by atoms with van der Waals surface area (Å²) in [7, 11) is 0. The molecule has 4 N–H and O–H groups in total. The molecule has 7 rings (SSSR count). The van der Waals surface area contributed by atoms with E-state index in [0.29, 0.717) is 51.9 Å². The van der Waals surface area contributed by atoms with Crippen LogP contribution in [0.25, 0.3) is 33.3 Å². The van der Waals surface area contributed by atoms with E-state index in [1.54, 1.807) is 6.07 Å². The van der Waals surface area contributed by atoms with E-state index in [-0.39, 0.29) is 17.4 Å². The molecule has 0 radical (unpaired) electrons. The lowest BCUT2D eigenvalue weighted by atomic mass is 9.83. The van der Waals surface area contributed by atoms with Crippen LogP contribution in [-0.4, -0.2) is 57.8 Å². The van der Waals surface area contributed by atoms with E-state index < -0.39 is 0 Å². The average molecular weight is 479 g/mol. The van der Waals surface area contributed by atoms with Gasteiger partial charge in [0.1, 0.15) is 17.2 Å². The van der Waals surface area contributed by atoms with E-state index in [0.717, 1.165) is 43.5 Å². The fourth-order valence-corrected chi connectivity index (χ4v) is 5.52. The van der Waals surface area contributed by atoms with Crippen molar-refractivity contribution in [3.63, 3.8) is 0 Å². The summed E-state index contributed by atoms with van der Waals surface area (Å²) in [6, 6.07) is 11.0. The number of aromatic nitrogens is 3. The number of H-pyrrole nitrogens is 2. The maximum absolute atomic E-state index is 15.1. The maximum atomic E-state index is 15.1. The van der Waals surface area contributed by atoms with E-state index in [4.69, 9.17) is 4.98 Å². The Bertz CT molecular complexity index is 1390. The van der Waals surface area contributed by atoms with Crippen LogP contribution in [0.4, 0.5) is 15.8 Å². The molecule has 176 valence electrons. The van der Waals surface area contributed by atoms with Crippen LogP contribution in [0, 0.1) is 11.7 Å². The number of pyridine rings is 1. The van der Waals surface area contributed by atoms with E-state index in [1.165, 1.54) is 6.07 Å². The van der Waals surface area contributed by atoms with E-state index in [9.17, 15) is 4.79 Å². The van der Waals surface area contributed by atoms with Gasteiger partial charge in [0.25, 0.3) is 5.56 Å². The molecule has 1 atom stereocenters. The standard InChI is InChI=1S/C25H27FN6OS/c26-16-11-15-19(12-20(16)27-7-10-34)31-25(33)22(24-29-17-3-1-2-4-18(17)30-24)23(15)28-21-13-32-8-5-14(21)6-9-32/h1-4,11-12,14,21,27,34H,5-10,13H2,(H,29,30)(H2,28,31,33)/t21-/m0/s1. The molecule has 0 aliphatic carbocycles. The summed E-state index contributed by atoms with van der Waals surface area (Å²) < 4.78 is 15.1. The molecule has 2 bridgehead atoms. The second kappa shape index (κ2) is 8.63. The molecule has 3 aliphatic heterocycles. The van der Waals surface area contributed by atoms with E-state index >= 15 is 4.39 Å². The van der Waals surface area contributed by atoms with E-state index in [2.05, 4.69) is 38.1 Å². The summed E-state index contributed by atoms with van der Waals surface area (Å²) in [5.74, 6) is 1.22. The second-order valence-electron chi connectivity index (χ2n) is 9.22. The summed E-state index contributed by atoms with van der Waals surface area (Å²) in [6.07, 6.45) is 2.26. The lowest BCUT2D eigenvalue weighted by molar-refractivity contribution is 0.0976. The third-order valence-electron chi connectivity index (χ3n) is 7.14. The highest BCUT2D eigenvalue weighted by molar-refractivity contribution is 7.80. The number of piperidine rings is 3. The average Bonchev–Trinajstić information content (AvgIpc) is 3.28. The van der Waals surface area contributed by atoms with Gasteiger partial charge in [-0.3, -0.25) is 4.79 Å². The number of fused-ring (bicyclic) bond motifs is 5. The Labute approximate surface area is 201 Å². The third kappa shape index (κ3) is 3.73. The number of imidazole rings is 1. The van der Waals surface area contributed by atoms with Crippen LogP contribution >= 0.6 is 12.6 Å². The predicted octanol–water partition coefficient (Wildman–Crippen LogP) is 4.06. The largest absolute Gasteiger partial charge is 0.382 e. The maximum Gasteiger partial charge on any atom is 0.261 e. The molecule has 3 aliphatic rings. The summed E-state index contributed by atoms with van der Waals surface area (Å²) in [6.45, 7) is 3.68. The molecular formula is C25H27FN6OS. The van der Waals surface area contributed by atoms with Crippen LogP contribution in [0.2, 0.25) is 0 Å².